The molecule has 0 saturated heterocycles. The van der Waals surface area contributed by atoms with Crippen LogP contribution in [0.15, 0.2) is 16.6 Å². The predicted molar refractivity (Wildman–Crippen MR) is 76.1 cm³/mol. The Balaban J connectivity index is 2.17. The second-order valence-corrected chi connectivity index (χ2v) is 5.90. The van der Waals surface area contributed by atoms with Gasteiger partial charge in [-0.3, -0.25) is 4.79 Å². The van der Waals surface area contributed by atoms with E-state index in [2.05, 4.69) is 28.9 Å². The Morgan fingerprint density at radius 1 is 1.50 bits per heavy atom. The van der Waals surface area contributed by atoms with Gasteiger partial charge in [-0.15, -0.1) is 0 Å². The van der Waals surface area contributed by atoms with Crippen LogP contribution in [-0.2, 0) is 17.6 Å². The number of Topliss-reactive ketones (excluding diaryl/α,β-unsaturated/α-hetero) is 1. The molecule has 1 aromatic rings. The molecule has 3 heteroatoms. The fraction of sp³-hybridized carbons (Fsp3) is 0.533. The summed E-state index contributed by atoms with van der Waals surface area (Å²) >= 11 is 3.51. The Morgan fingerprint density at radius 3 is 3.00 bits per heavy atom. The fourth-order valence-electron chi connectivity index (χ4n) is 2.43. The number of rotatable bonds is 5. The molecule has 1 aliphatic rings. The second kappa shape index (κ2) is 5.87. The van der Waals surface area contributed by atoms with Gasteiger partial charge in [0.25, 0.3) is 0 Å². The lowest BCUT2D eigenvalue weighted by Gasteiger charge is -2.12. The largest absolute Gasteiger partial charge is 0.493 e. The summed E-state index contributed by atoms with van der Waals surface area (Å²) in [5, 5.41) is 0. The van der Waals surface area contributed by atoms with Crippen molar-refractivity contribution in [1.82, 2.24) is 0 Å². The standard InChI is InChI=1S/C15H19BrO2/c1-3-4-10(2)14(17)9-12-8-13(16)7-11-5-6-18-15(11)12/h7-8,10H,3-6,9H2,1-2H3. The van der Waals surface area contributed by atoms with Crippen molar-refractivity contribution in [2.75, 3.05) is 6.61 Å². The lowest BCUT2D eigenvalue weighted by Crippen LogP contribution is -2.14. The highest BCUT2D eigenvalue weighted by molar-refractivity contribution is 9.10. The number of benzene rings is 1. The average Bonchev–Trinajstić information content (AvgIpc) is 2.77. The van der Waals surface area contributed by atoms with Crippen LogP contribution in [-0.4, -0.2) is 12.4 Å². The van der Waals surface area contributed by atoms with Crippen LogP contribution in [0.5, 0.6) is 5.75 Å². The van der Waals surface area contributed by atoms with Crippen molar-refractivity contribution in [2.24, 2.45) is 5.92 Å². The Bertz CT molecular complexity index is 454. The third kappa shape index (κ3) is 2.94. The summed E-state index contributed by atoms with van der Waals surface area (Å²) in [6.45, 7) is 4.87. The first kappa shape index (κ1) is 13.6. The summed E-state index contributed by atoms with van der Waals surface area (Å²) in [7, 11) is 0. The van der Waals surface area contributed by atoms with E-state index in [-0.39, 0.29) is 5.92 Å². The quantitative estimate of drug-likeness (QED) is 0.823. The number of hydrogen-bond donors (Lipinski definition) is 0. The summed E-state index contributed by atoms with van der Waals surface area (Å²) < 4.78 is 6.69. The molecule has 0 spiro atoms. The van der Waals surface area contributed by atoms with E-state index in [0.29, 0.717) is 12.2 Å². The normalized spacial score (nSPS) is 15.1. The van der Waals surface area contributed by atoms with E-state index >= 15 is 0 Å². The van der Waals surface area contributed by atoms with Gasteiger partial charge >= 0.3 is 0 Å². The molecule has 1 heterocycles. The molecule has 1 aromatic carbocycles. The number of ketones is 1. The molecule has 0 bridgehead atoms. The van der Waals surface area contributed by atoms with E-state index in [4.69, 9.17) is 4.74 Å². The lowest BCUT2D eigenvalue weighted by atomic mass is 9.94. The highest BCUT2D eigenvalue weighted by Gasteiger charge is 2.21. The van der Waals surface area contributed by atoms with Crippen LogP contribution in [0, 0.1) is 5.92 Å². The summed E-state index contributed by atoms with van der Waals surface area (Å²) in [5.74, 6) is 1.40. The predicted octanol–water partition coefficient (Wildman–Crippen LogP) is 3.93. The molecule has 1 aliphatic heterocycles. The SMILES string of the molecule is CCCC(C)C(=O)Cc1cc(Br)cc2c1OCC2. The van der Waals surface area contributed by atoms with Gasteiger partial charge in [0.1, 0.15) is 11.5 Å². The third-order valence-electron chi connectivity index (χ3n) is 3.46. The van der Waals surface area contributed by atoms with Gasteiger partial charge in [0.2, 0.25) is 0 Å². The minimum absolute atomic E-state index is 0.144. The molecule has 0 radical (unpaired) electrons. The van der Waals surface area contributed by atoms with Crippen molar-refractivity contribution in [3.63, 3.8) is 0 Å². The summed E-state index contributed by atoms with van der Waals surface area (Å²) in [6.07, 6.45) is 3.46. The zero-order valence-corrected chi connectivity index (χ0v) is 12.5. The highest BCUT2D eigenvalue weighted by atomic mass is 79.9. The Morgan fingerprint density at radius 2 is 2.28 bits per heavy atom. The van der Waals surface area contributed by atoms with Gasteiger partial charge in [0.05, 0.1) is 6.61 Å². The van der Waals surface area contributed by atoms with E-state index in [1.165, 1.54) is 5.56 Å². The topological polar surface area (TPSA) is 26.3 Å². The van der Waals surface area contributed by atoms with Crippen LogP contribution in [0.1, 0.15) is 37.8 Å². The van der Waals surface area contributed by atoms with Gasteiger partial charge in [-0.1, -0.05) is 36.2 Å². The van der Waals surface area contributed by atoms with Crippen LogP contribution in [0.4, 0.5) is 0 Å². The summed E-state index contributed by atoms with van der Waals surface area (Å²) in [6, 6.07) is 4.10. The maximum Gasteiger partial charge on any atom is 0.140 e. The van der Waals surface area contributed by atoms with Gasteiger partial charge in [0.15, 0.2) is 0 Å². The van der Waals surface area contributed by atoms with Crippen LogP contribution >= 0.6 is 15.9 Å². The maximum absolute atomic E-state index is 12.1. The molecule has 0 fully saturated rings. The molecule has 98 valence electrons. The van der Waals surface area contributed by atoms with Crippen molar-refractivity contribution in [1.29, 1.82) is 0 Å². The minimum Gasteiger partial charge on any atom is -0.493 e. The first-order chi connectivity index (χ1) is 8.61. The van der Waals surface area contributed by atoms with E-state index in [1.54, 1.807) is 0 Å². The number of fused-ring (bicyclic) bond motifs is 1. The lowest BCUT2D eigenvalue weighted by molar-refractivity contribution is -0.121. The molecule has 0 amide bonds. The van der Waals surface area contributed by atoms with Crippen molar-refractivity contribution < 1.29 is 9.53 Å². The Kier molecular flexibility index (Phi) is 4.44. The molecule has 0 N–H and O–H groups in total. The Hall–Kier alpha value is -0.830. The molecule has 1 atom stereocenters. The van der Waals surface area contributed by atoms with Crippen molar-refractivity contribution in [2.45, 2.75) is 39.5 Å². The number of carbonyl (C=O) groups excluding carboxylic acids is 1. The number of halogens is 1. The molecule has 1 unspecified atom stereocenters. The van der Waals surface area contributed by atoms with E-state index in [0.717, 1.165) is 41.7 Å². The van der Waals surface area contributed by atoms with Crippen LogP contribution in [0.2, 0.25) is 0 Å². The smallest absolute Gasteiger partial charge is 0.140 e. The van der Waals surface area contributed by atoms with Crippen molar-refractivity contribution in [3.8, 4) is 5.75 Å². The molecule has 0 aliphatic carbocycles. The molecular formula is C15H19BrO2. The van der Waals surface area contributed by atoms with Gasteiger partial charge in [-0.2, -0.15) is 0 Å². The van der Waals surface area contributed by atoms with Gasteiger partial charge in [-0.25, -0.2) is 0 Å². The highest BCUT2D eigenvalue weighted by Crippen LogP contribution is 2.33. The fourth-order valence-corrected chi connectivity index (χ4v) is 2.99. The van der Waals surface area contributed by atoms with Crippen LogP contribution < -0.4 is 4.74 Å². The first-order valence-electron chi connectivity index (χ1n) is 6.58. The minimum atomic E-state index is 0.144. The molecule has 2 nitrogen and oxygen atoms in total. The van der Waals surface area contributed by atoms with E-state index < -0.39 is 0 Å². The molecule has 0 saturated carbocycles. The number of carbonyl (C=O) groups is 1. The van der Waals surface area contributed by atoms with E-state index in [1.807, 2.05) is 13.0 Å². The monoisotopic (exact) mass is 310 g/mol. The summed E-state index contributed by atoms with van der Waals surface area (Å²) in [5.41, 5.74) is 2.25. The van der Waals surface area contributed by atoms with Crippen molar-refractivity contribution >= 4 is 21.7 Å². The Labute approximate surface area is 117 Å². The van der Waals surface area contributed by atoms with E-state index in [9.17, 15) is 4.79 Å². The number of ether oxygens (including phenoxy) is 1. The number of hydrogen-bond acceptors (Lipinski definition) is 2. The van der Waals surface area contributed by atoms with Crippen LogP contribution in [0.25, 0.3) is 0 Å². The van der Waals surface area contributed by atoms with Crippen LogP contribution in [0.3, 0.4) is 0 Å². The zero-order valence-electron chi connectivity index (χ0n) is 11.0. The third-order valence-corrected chi connectivity index (χ3v) is 3.92. The van der Waals surface area contributed by atoms with Crippen molar-refractivity contribution in [3.05, 3.63) is 27.7 Å². The zero-order chi connectivity index (χ0) is 13.1. The summed E-state index contributed by atoms with van der Waals surface area (Å²) in [4.78, 5) is 12.1. The molecule has 2 rings (SSSR count). The van der Waals surface area contributed by atoms with Gasteiger partial charge in [0, 0.05) is 28.8 Å². The average molecular weight is 311 g/mol. The first-order valence-corrected chi connectivity index (χ1v) is 7.38. The molecule has 18 heavy (non-hydrogen) atoms. The van der Waals surface area contributed by atoms with Gasteiger partial charge in [-0.05, 0) is 24.1 Å². The molecule has 0 aromatic heterocycles. The molecular weight excluding hydrogens is 292 g/mol. The second-order valence-electron chi connectivity index (χ2n) is 4.98. The van der Waals surface area contributed by atoms with Gasteiger partial charge < -0.3 is 4.74 Å². The maximum atomic E-state index is 12.1.